The normalized spacial score (nSPS) is 13.6. The molecule has 0 saturated heterocycles. The zero-order valence-corrected chi connectivity index (χ0v) is 24.6. The Balaban J connectivity index is 2.04. The lowest BCUT2D eigenvalue weighted by Crippen LogP contribution is -2.55. The third-order valence-electron chi connectivity index (χ3n) is 6.89. The monoisotopic (exact) mass is 563 g/mol. The Bertz CT molecular complexity index is 1380. The van der Waals surface area contributed by atoms with Crippen molar-refractivity contribution in [2.24, 2.45) is 5.92 Å². The molecule has 3 amide bonds. The fourth-order valence-corrected chi connectivity index (χ4v) is 4.57. The minimum atomic E-state index is -1.17. The van der Waals surface area contributed by atoms with E-state index in [9.17, 15) is 24.6 Å². The van der Waals surface area contributed by atoms with Gasteiger partial charge < -0.3 is 30.5 Å². The SMILES string of the molecule is CCC(C)C(NC(=O)OC(C)(C)C)C(=O)N(CCO)C(C(=O)Nc1ccc2ccccc2c1)c1ccc(O)c(C)c1. The number of carbonyl (C=O) groups is 3. The lowest BCUT2D eigenvalue weighted by molar-refractivity contribution is -0.142. The number of hydrogen-bond acceptors (Lipinski definition) is 6. The van der Waals surface area contributed by atoms with Gasteiger partial charge in [0.1, 0.15) is 23.4 Å². The van der Waals surface area contributed by atoms with Gasteiger partial charge >= 0.3 is 6.09 Å². The second-order valence-electron chi connectivity index (χ2n) is 11.3. The van der Waals surface area contributed by atoms with E-state index in [1.807, 2.05) is 50.2 Å². The molecule has 3 aromatic rings. The van der Waals surface area contributed by atoms with E-state index in [0.29, 0.717) is 23.2 Å². The van der Waals surface area contributed by atoms with E-state index >= 15 is 0 Å². The van der Waals surface area contributed by atoms with Gasteiger partial charge in [0.05, 0.1) is 6.61 Å². The first kappa shape index (κ1) is 31.4. The van der Waals surface area contributed by atoms with Crippen LogP contribution in [0.1, 0.15) is 58.2 Å². The predicted molar refractivity (Wildman–Crippen MR) is 160 cm³/mol. The van der Waals surface area contributed by atoms with Gasteiger partial charge in [0.25, 0.3) is 5.91 Å². The van der Waals surface area contributed by atoms with Crippen molar-refractivity contribution in [1.82, 2.24) is 10.2 Å². The van der Waals surface area contributed by atoms with Crippen molar-refractivity contribution >= 4 is 34.4 Å². The van der Waals surface area contributed by atoms with Crippen molar-refractivity contribution in [1.29, 1.82) is 0 Å². The molecule has 3 atom stereocenters. The van der Waals surface area contributed by atoms with Crippen molar-refractivity contribution in [3.05, 3.63) is 71.8 Å². The van der Waals surface area contributed by atoms with E-state index in [1.54, 1.807) is 45.9 Å². The van der Waals surface area contributed by atoms with Gasteiger partial charge in [-0.25, -0.2) is 4.79 Å². The number of aromatic hydroxyl groups is 1. The topological polar surface area (TPSA) is 128 Å². The van der Waals surface area contributed by atoms with Crippen LogP contribution in [0.4, 0.5) is 10.5 Å². The van der Waals surface area contributed by atoms with Gasteiger partial charge in [0.15, 0.2) is 0 Å². The summed E-state index contributed by atoms with van der Waals surface area (Å²) in [5.74, 6) is -1.30. The third kappa shape index (κ3) is 8.20. The second kappa shape index (κ2) is 13.5. The number of nitrogens with zero attached hydrogens (tertiary/aromatic N) is 1. The van der Waals surface area contributed by atoms with Crippen LogP contribution in [0.25, 0.3) is 10.8 Å². The van der Waals surface area contributed by atoms with E-state index in [4.69, 9.17) is 4.74 Å². The van der Waals surface area contributed by atoms with Crippen molar-refractivity contribution in [3.8, 4) is 5.75 Å². The number of hydrogen-bond donors (Lipinski definition) is 4. The molecule has 0 aromatic heterocycles. The van der Waals surface area contributed by atoms with E-state index in [-0.39, 0.29) is 18.2 Å². The summed E-state index contributed by atoms with van der Waals surface area (Å²) < 4.78 is 5.41. The first-order chi connectivity index (χ1) is 19.3. The van der Waals surface area contributed by atoms with Crippen LogP contribution in [0.15, 0.2) is 60.7 Å². The number of anilines is 1. The highest BCUT2D eigenvalue weighted by Crippen LogP contribution is 2.29. The molecule has 0 radical (unpaired) electrons. The van der Waals surface area contributed by atoms with Crippen LogP contribution in [0.2, 0.25) is 0 Å². The van der Waals surface area contributed by atoms with Gasteiger partial charge in [-0.3, -0.25) is 9.59 Å². The minimum Gasteiger partial charge on any atom is -0.508 e. The largest absolute Gasteiger partial charge is 0.508 e. The van der Waals surface area contributed by atoms with Crippen LogP contribution in [-0.4, -0.2) is 57.8 Å². The number of ether oxygens (including phenoxy) is 1. The second-order valence-corrected chi connectivity index (χ2v) is 11.3. The Labute approximate surface area is 241 Å². The molecule has 0 aliphatic rings. The molecule has 220 valence electrons. The molecule has 9 nitrogen and oxygen atoms in total. The van der Waals surface area contributed by atoms with Crippen LogP contribution >= 0.6 is 0 Å². The van der Waals surface area contributed by atoms with Crippen molar-refractivity contribution in [2.45, 2.75) is 65.6 Å². The fraction of sp³-hybridized carbons (Fsp3) is 0.406. The number of rotatable bonds is 10. The average molecular weight is 564 g/mol. The van der Waals surface area contributed by atoms with Crippen molar-refractivity contribution in [3.63, 3.8) is 0 Å². The van der Waals surface area contributed by atoms with Crippen LogP contribution < -0.4 is 10.6 Å². The van der Waals surface area contributed by atoms with Crippen LogP contribution in [-0.2, 0) is 14.3 Å². The quantitative estimate of drug-likeness (QED) is 0.265. The number of amides is 3. The number of alkyl carbamates (subject to hydrolysis) is 1. The van der Waals surface area contributed by atoms with Crippen molar-refractivity contribution < 1.29 is 29.3 Å². The number of nitrogens with one attached hydrogen (secondary N) is 2. The number of aliphatic hydroxyl groups is 1. The number of aliphatic hydroxyl groups excluding tert-OH is 1. The predicted octanol–water partition coefficient (Wildman–Crippen LogP) is 5.29. The zero-order valence-electron chi connectivity index (χ0n) is 24.6. The molecule has 0 fully saturated rings. The van der Waals surface area contributed by atoms with Crippen LogP contribution in [0.5, 0.6) is 5.75 Å². The van der Waals surface area contributed by atoms with E-state index in [1.165, 1.54) is 11.0 Å². The number of phenols is 1. The third-order valence-corrected chi connectivity index (χ3v) is 6.89. The summed E-state index contributed by atoms with van der Waals surface area (Å²) in [6.45, 7) is 10.0. The van der Waals surface area contributed by atoms with Gasteiger partial charge in [-0.15, -0.1) is 0 Å². The molecule has 4 N–H and O–H groups in total. The molecule has 0 bridgehead atoms. The Morgan fingerprint density at radius 2 is 1.68 bits per heavy atom. The van der Waals surface area contributed by atoms with E-state index < -0.39 is 42.2 Å². The summed E-state index contributed by atoms with van der Waals surface area (Å²) in [4.78, 5) is 42.1. The number of phenolic OH excluding ortho intramolecular Hbond substituents is 1. The van der Waals surface area contributed by atoms with Gasteiger partial charge in [0, 0.05) is 12.2 Å². The summed E-state index contributed by atoms with van der Waals surface area (Å²) in [5.41, 5.74) is 0.730. The maximum atomic E-state index is 14.1. The summed E-state index contributed by atoms with van der Waals surface area (Å²) in [6.07, 6.45) is -0.191. The number of carbonyl (C=O) groups excluding carboxylic acids is 3. The first-order valence-corrected chi connectivity index (χ1v) is 13.8. The molecular formula is C32H41N3O6. The summed E-state index contributed by atoms with van der Waals surface area (Å²) in [6, 6.07) is 15.7. The smallest absolute Gasteiger partial charge is 0.408 e. The molecule has 0 spiro atoms. The van der Waals surface area contributed by atoms with Crippen molar-refractivity contribution in [2.75, 3.05) is 18.5 Å². The molecule has 9 heteroatoms. The highest BCUT2D eigenvalue weighted by Gasteiger charge is 2.38. The number of benzene rings is 3. The molecule has 3 aromatic carbocycles. The standard InChI is InChI=1S/C32H41N3O6/c1-7-20(2)27(34-31(40)41-32(4,5)6)30(39)35(16-17-36)28(24-13-15-26(37)21(3)18-24)29(38)33-25-14-12-22-10-8-9-11-23(22)19-25/h8-15,18-20,27-28,36-37H,7,16-17H2,1-6H3,(H,33,38)(H,34,40). The van der Waals surface area contributed by atoms with E-state index in [0.717, 1.165) is 10.8 Å². The molecule has 0 saturated carbocycles. The average Bonchev–Trinajstić information content (AvgIpc) is 2.91. The Hall–Kier alpha value is -4.11. The molecule has 0 aliphatic heterocycles. The highest BCUT2D eigenvalue weighted by molar-refractivity contribution is 6.00. The lowest BCUT2D eigenvalue weighted by Gasteiger charge is -2.35. The highest BCUT2D eigenvalue weighted by atomic mass is 16.6. The molecular weight excluding hydrogens is 522 g/mol. The Morgan fingerprint density at radius 1 is 1.00 bits per heavy atom. The first-order valence-electron chi connectivity index (χ1n) is 13.8. The Morgan fingerprint density at radius 3 is 2.29 bits per heavy atom. The summed E-state index contributed by atoms with van der Waals surface area (Å²) >= 11 is 0. The molecule has 0 aliphatic carbocycles. The molecule has 0 heterocycles. The van der Waals surface area contributed by atoms with Gasteiger partial charge in [-0.1, -0.05) is 56.7 Å². The molecule has 3 unspecified atom stereocenters. The summed E-state index contributed by atoms with van der Waals surface area (Å²) in [7, 11) is 0. The zero-order chi connectivity index (χ0) is 30.3. The number of fused-ring (bicyclic) bond motifs is 1. The van der Waals surface area contributed by atoms with Gasteiger partial charge in [-0.2, -0.15) is 0 Å². The van der Waals surface area contributed by atoms with Gasteiger partial charge in [-0.05, 0) is 79.8 Å². The van der Waals surface area contributed by atoms with Crippen LogP contribution in [0.3, 0.4) is 0 Å². The number of aryl methyl sites for hydroxylation is 1. The summed E-state index contributed by atoms with van der Waals surface area (Å²) in [5, 5.41) is 27.7. The minimum absolute atomic E-state index is 0.0477. The van der Waals surface area contributed by atoms with E-state index in [2.05, 4.69) is 10.6 Å². The molecule has 41 heavy (non-hydrogen) atoms. The van der Waals surface area contributed by atoms with Gasteiger partial charge in [0.2, 0.25) is 5.91 Å². The maximum Gasteiger partial charge on any atom is 0.408 e. The molecule has 3 rings (SSSR count). The Kier molecular flexibility index (Phi) is 10.3. The lowest BCUT2D eigenvalue weighted by atomic mass is 9.95. The van der Waals surface area contributed by atoms with Crippen LogP contribution in [0, 0.1) is 12.8 Å². The maximum absolute atomic E-state index is 14.1. The fourth-order valence-electron chi connectivity index (χ4n) is 4.57.